The highest BCUT2D eigenvalue weighted by atomic mass is 79.9. The zero-order valence-electron chi connectivity index (χ0n) is 10.9. The van der Waals surface area contributed by atoms with Crippen molar-refractivity contribution < 1.29 is 9.50 Å². The maximum absolute atomic E-state index is 14.2. The lowest BCUT2D eigenvalue weighted by atomic mass is 10.1. The molecule has 7 heteroatoms. The average molecular weight is 371 g/mol. The number of halogens is 3. The van der Waals surface area contributed by atoms with E-state index in [9.17, 15) is 9.50 Å². The van der Waals surface area contributed by atoms with Crippen molar-refractivity contribution in [2.24, 2.45) is 0 Å². The predicted octanol–water partition coefficient (Wildman–Crippen LogP) is 3.75. The van der Waals surface area contributed by atoms with Gasteiger partial charge in [-0.25, -0.2) is 14.4 Å². The van der Waals surface area contributed by atoms with Crippen LogP contribution in [0.3, 0.4) is 0 Å². The molecule has 0 atom stereocenters. The molecule has 0 spiro atoms. The fourth-order valence-corrected chi connectivity index (χ4v) is 2.64. The predicted molar refractivity (Wildman–Crippen MR) is 81.8 cm³/mol. The Kier molecular flexibility index (Phi) is 3.69. The topological polar surface area (TPSA) is 50.4 Å². The van der Waals surface area contributed by atoms with E-state index in [4.69, 9.17) is 11.6 Å². The van der Waals surface area contributed by atoms with Crippen LogP contribution in [-0.2, 0) is 6.61 Å². The van der Waals surface area contributed by atoms with Gasteiger partial charge >= 0.3 is 0 Å². The molecule has 108 valence electrons. The first-order chi connectivity index (χ1) is 10.0. The molecule has 1 N–H and O–H groups in total. The summed E-state index contributed by atoms with van der Waals surface area (Å²) in [5.74, 6) is -0.476. The summed E-state index contributed by atoms with van der Waals surface area (Å²) in [6.07, 6.45) is 3.23. The Bertz CT molecular complexity index is 850. The molecule has 0 bridgehead atoms. The van der Waals surface area contributed by atoms with Crippen LogP contribution in [0.4, 0.5) is 4.39 Å². The van der Waals surface area contributed by atoms with Gasteiger partial charge in [-0.15, -0.1) is 0 Å². The van der Waals surface area contributed by atoms with Gasteiger partial charge in [0.25, 0.3) is 0 Å². The van der Waals surface area contributed by atoms with Crippen molar-refractivity contribution in [2.75, 3.05) is 0 Å². The van der Waals surface area contributed by atoms with E-state index >= 15 is 0 Å². The summed E-state index contributed by atoms with van der Waals surface area (Å²) < 4.78 is 16.5. The molecular weight excluding hydrogens is 361 g/mol. The van der Waals surface area contributed by atoms with Gasteiger partial charge in [0.05, 0.1) is 24.2 Å². The Balaban J connectivity index is 2.32. The molecular formula is C14H10BrClFN3O. The number of aromatic nitrogens is 3. The van der Waals surface area contributed by atoms with Crippen LogP contribution in [0.25, 0.3) is 16.9 Å². The van der Waals surface area contributed by atoms with E-state index in [-0.39, 0.29) is 6.61 Å². The molecule has 0 fully saturated rings. The zero-order valence-corrected chi connectivity index (χ0v) is 13.3. The van der Waals surface area contributed by atoms with Crippen molar-refractivity contribution in [3.05, 3.63) is 51.2 Å². The number of nitrogens with zero attached hydrogens (tertiary/aromatic N) is 3. The quantitative estimate of drug-likeness (QED) is 0.747. The van der Waals surface area contributed by atoms with Crippen molar-refractivity contribution in [2.45, 2.75) is 13.5 Å². The van der Waals surface area contributed by atoms with Crippen LogP contribution < -0.4 is 0 Å². The molecule has 0 radical (unpaired) electrons. The smallest absolute Gasteiger partial charge is 0.156 e. The van der Waals surface area contributed by atoms with Crippen LogP contribution in [-0.4, -0.2) is 19.5 Å². The highest BCUT2D eigenvalue weighted by Gasteiger charge is 2.18. The maximum Gasteiger partial charge on any atom is 0.156 e. The van der Waals surface area contributed by atoms with Crippen molar-refractivity contribution in [3.8, 4) is 11.3 Å². The Morgan fingerprint density at radius 2 is 2.19 bits per heavy atom. The minimum absolute atomic E-state index is 0.270. The first-order valence-corrected chi connectivity index (χ1v) is 7.27. The molecule has 2 heterocycles. The summed E-state index contributed by atoms with van der Waals surface area (Å²) >= 11 is 9.18. The van der Waals surface area contributed by atoms with Gasteiger partial charge in [-0.2, -0.15) is 0 Å². The van der Waals surface area contributed by atoms with Gasteiger partial charge in [-0.3, -0.25) is 4.40 Å². The maximum atomic E-state index is 14.2. The van der Waals surface area contributed by atoms with Gasteiger partial charge in [0.15, 0.2) is 5.65 Å². The van der Waals surface area contributed by atoms with Crippen LogP contribution >= 0.6 is 27.5 Å². The van der Waals surface area contributed by atoms with Gasteiger partial charge < -0.3 is 5.11 Å². The Hall–Kier alpha value is -1.50. The molecule has 0 amide bonds. The molecule has 1 aromatic carbocycles. The summed E-state index contributed by atoms with van der Waals surface area (Å²) in [5, 5.41) is 9.98. The third kappa shape index (κ3) is 2.43. The number of aryl methyl sites for hydroxylation is 1. The number of rotatable bonds is 2. The van der Waals surface area contributed by atoms with Gasteiger partial charge in [-0.05, 0) is 40.5 Å². The van der Waals surface area contributed by atoms with Crippen LogP contribution in [0.15, 0.2) is 29.1 Å². The molecule has 0 saturated carbocycles. The lowest BCUT2D eigenvalue weighted by molar-refractivity contribution is 0.276. The van der Waals surface area contributed by atoms with Gasteiger partial charge in [-0.1, -0.05) is 11.6 Å². The highest BCUT2D eigenvalue weighted by Crippen LogP contribution is 2.31. The summed E-state index contributed by atoms with van der Waals surface area (Å²) in [6, 6.07) is 2.88. The van der Waals surface area contributed by atoms with Gasteiger partial charge in [0.1, 0.15) is 10.4 Å². The van der Waals surface area contributed by atoms with Crippen LogP contribution in [0, 0.1) is 12.7 Å². The van der Waals surface area contributed by atoms with Crippen molar-refractivity contribution in [3.63, 3.8) is 0 Å². The highest BCUT2D eigenvalue weighted by molar-refractivity contribution is 9.10. The van der Waals surface area contributed by atoms with Crippen molar-refractivity contribution in [1.82, 2.24) is 14.4 Å². The molecule has 3 rings (SSSR count). The monoisotopic (exact) mass is 369 g/mol. The van der Waals surface area contributed by atoms with Gasteiger partial charge in [0.2, 0.25) is 0 Å². The molecule has 3 aromatic rings. The molecule has 0 aliphatic rings. The number of imidazole rings is 1. The van der Waals surface area contributed by atoms with Crippen LogP contribution in [0.1, 0.15) is 11.3 Å². The number of hydrogen-bond acceptors (Lipinski definition) is 3. The second-order valence-electron chi connectivity index (χ2n) is 4.58. The van der Waals surface area contributed by atoms with Crippen LogP contribution in [0.2, 0.25) is 5.02 Å². The summed E-state index contributed by atoms with van der Waals surface area (Å²) in [4.78, 5) is 8.44. The minimum Gasteiger partial charge on any atom is -0.390 e. The van der Waals surface area contributed by atoms with Gasteiger partial charge in [0, 0.05) is 16.8 Å². The first-order valence-electron chi connectivity index (χ1n) is 6.10. The van der Waals surface area contributed by atoms with E-state index in [1.807, 2.05) is 0 Å². The van der Waals surface area contributed by atoms with E-state index in [2.05, 4.69) is 25.9 Å². The fraction of sp³-hybridized carbons (Fsp3) is 0.143. The number of aliphatic hydroxyl groups excluding tert-OH is 1. The molecule has 0 aliphatic carbocycles. The standard InChI is InChI=1S/C14H10BrClFN3O/c1-7-2-8(10(17)3-9(7)16)14-11(6-21)20-5-12(15)18-4-13(20)19-14/h2-5,21H,6H2,1H3. The SMILES string of the molecule is Cc1cc(-c2nc3cnc(Br)cn3c2CO)c(F)cc1Cl. The molecule has 4 nitrogen and oxygen atoms in total. The number of aliphatic hydroxyl groups is 1. The largest absolute Gasteiger partial charge is 0.390 e. The number of hydrogen-bond donors (Lipinski definition) is 1. The normalized spacial score (nSPS) is 11.3. The second-order valence-corrected chi connectivity index (χ2v) is 5.80. The Morgan fingerprint density at radius 3 is 2.90 bits per heavy atom. The Labute approximate surface area is 133 Å². The average Bonchev–Trinajstić information content (AvgIpc) is 2.80. The lowest BCUT2D eigenvalue weighted by Gasteiger charge is -2.06. The van der Waals surface area contributed by atoms with E-state index in [0.717, 1.165) is 5.56 Å². The summed E-state index contributed by atoms with van der Waals surface area (Å²) in [5.41, 5.74) is 2.46. The van der Waals surface area contributed by atoms with Crippen molar-refractivity contribution >= 4 is 33.2 Å². The molecule has 0 saturated heterocycles. The van der Waals surface area contributed by atoms with Crippen LogP contribution in [0.5, 0.6) is 0 Å². The van der Waals surface area contributed by atoms with E-state index < -0.39 is 5.82 Å². The van der Waals surface area contributed by atoms with E-state index in [1.54, 1.807) is 29.8 Å². The zero-order chi connectivity index (χ0) is 15.1. The number of benzene rings is 1. The third-order valence-corrected chi connectivity index (χ3v) is 4.05. The molecule has 0 unspecified atom stereocenters. The summed E-state index contributed by atoms with van der Waals surface area (Å²) in [7, 11) is 0. The van der Waals surface area contributed by atoms with E-state index in [0.29, 0.717) is 32.2 Å². The molecule has 2 aromatic heterocycles. The summed E-state index contributed by atoms with van der Waals surface area (Å²) in [6.45, 7) is 1.52. The second kappa shape index (κ2) is 5.36. The molecule has 21 heavy (non-hydrogen) atoms. The van der Waals surface area contributed by atoms with Crippen molar-refractivity contribution in [1.29, 1.82) is 0 Å². The minimum atomic E-state index is -0.476. The third-order valence-electron chi connectivity index (χ3n) is 3.23. The number of fused-ring (bicyclic) bond motifs is 1. The van der Waals surface area contributed by atoms with E-state index in [1.165, 1.54) is 6.07 Å². The fourth-order valence-electron chi connectivity index (χ4n) is 2.19. The first kappa shape index (κ1) is 14.4. The lowest BCUT2D eigenvalue weighted by Crippen LogP contribution is -1.96. The Morgan fingerprint density at radius 1 is 1.43 bits per heavy atom. The molecule has 0 aliphatic heterocycles.